The Labute approximate surface area is 307 Å². The van der Waals surface area contributed by atoms with Crippen LogP contribution in [-0.2, 0) is 0 Å². The van der Waals surface area contributed by atoms with Crippen LogP contribution in [0, 0.1) is 0 Å². The molecule has 0 heterocycles. The number of hydrogen-bond donors (Lipinski definition) is 0. The lowest BCUT2D eigenvalue weighted by molar-refractivity contribution is 1.28. The molecule has 0 aromatic heterocycles. The fraction of sp³-hybridized carbons (Fsp3) is 0. The van der Waals surface area contributed by atoms with Crippen molar-refractivity contribution in [1.29, 1.82) is 0 Å². The monoisotopic (exact) mass is 668 g/mol. The average Bonchev–Trinajstić information content (AvgIpc) is 3.21. The van der Waals surface area contributed by atoms with Crippen LogP contribution in [0.2, 0.25) is 0 Å². The zero-order valence-electron chi connectivity index (χ0n) is 29.0. The molecular formula is C50H40N2. The van der Waals surface area contributed by atoms with Crippen molar-refractivity contribution in [3.8, 4) is 0 Å². The molecule has 7 rings (SSSR count). The molecule has 0 unspecified atom stereocenters. The van der Waals surface area contributed by atoms with Gasteiger partial charge in [0.05, 0.1) is 0 Å². The van der Waals surface area contributed by atoms with E-state index in [0.29, 0.717) is 0 Å². The van der Waals surface area contributed by atoms with Gasteiger partial charge in [-0.2, -0.15) is 0 Å². The normalized spacial score (nSPS) is 11.5. The number of anilines is 6. The number of benzene rings is 7. The number of nitrogens with zero attached hydrogens (tertiary/aromatic N) is 2. The van der Waals surface area contributed by atoms with Crippen LogP contribution >= 0.6 is 0 Å². The van der Waals surface area contributed by atoms with Crippen molar-refractivity contribution in [3.05, 3.63) is 241 Å². The Morgan fingerprint density at radius 2 is 0.481 bits per heavy atom. The van der Waals surface area contributed by atoms with Gasteiger partial charge in [0.25, 0.3) is 0 Å². The quantitative estimate of drug-likeness (QED) is 0.120. The minimum atomic E-state index is 1.12. The smallest absolute Gasteiger partial charge is 0.0462 e. The van der Waals surface area contributed by atoms with E-state index in [-0.39, 0.29) is 0 Å². The lowest BCUT2D eigenvalue weighted by Crippen LogP contribution is -2.09. The van der Waals surface area contributed by atoms with Crippen LogP contribution in [0.5, 0.6) is 0 Å². The van der Waals surface area contributed by atoms with Gasteiger partial charge >= 0.3 is 0 Å². The van der Waals surface area contributed by atoms with Gasteiger partial charge in [0, 0.05) is 34.1 Å². The third-order valence-corrected chi connectivity index (χ3v) is 8.71. The molecule has 0 fully saturated rings. The van der Waals surface area contributed by atoms with Crippen LogP contribution in [0.1, 0.15) is 22.3 Å². The standard InChI is InChI=1S/C50H40N2/c1-5-25-45(26-6-1)51(46-27-7-2-8-28-46)49-37-33-41(34-38-49)19-13-15-21-43-23-17-18-24-44(43)22-16-14-20-42-35-39-50(40-36-42)52(47-29-9-3-10-30-47)48-31-11-4-12-32-48/h1-40H/b19-13+,20-14+,21-15+,22-16+. The predicted octanol–water partition coefficient (Wildman–Crippen LogP) is 14.1. The molecule has 0 bridgehead atoms. The van der Waals surface area contributed by atoms with Crippen LogP contribution in [0.3, 0.4) is 0 Å². The van der Waals surface area contributed by atoms with Crippen molar-refractivity contribution in [2.75, 3.05) is 9.80 Å². The van der Waals surface area contributed by atoms with Gasteiger partial charge in [-0.05, 0) is 95.1 Å². The molecule has 52 heavy (non-hydrogen) atoms. The topological polar surface area (TPSA) is 6.48 Å². The second-order valence-corrected chi connectivity index (χ2v) is 12.3. The maximum atomic E-state index is 2.27. The maximum absolute atomic E-state index is 2.27. The molecule has 0 aliphatic carbocycles. The summed E-state index contributed by atoms with van der Waals surface area (Å²) in [4.78, 5) is 4.55. The molecule has 0 atom stereocenters. The van der Waals surface area contributed by atoms with E-state index in [1.165, 1.54) is 11.1 Å². The van der Waals surface area contributed by atoms with Crippen molar-refractivity contribution in [2.24, 2.45) is 0 Å². The van der Waals surface area contributed by atoms with E-state index >= 15 is 0 Å². The van der Waals surface area contributed by atoms with Gasteiger partial charge < -0.3 is 9.80 Å². The molecule has 7 aromatic carbocycles. The summed E-state index contributed by atoms with van der Waals surface area (Å²) < 4.78 is 0. The summed E-state index contributed by atoms with van der Waals surface area (Å²) in [5.41, 5.74) is 11.4. The largest absolute Gasteiger partial charge is 0.311 e. The summed E-state index contributed by atoms with van der Waals surface area (Å²) in [7, 11) is 0. The highest BCUT2D eigenvalue weighted by Crippen LogP contribution is 2.35. The first-order valence-electron chi connectivity index (χ1n) is 17.6. The molecule has 250 valence electrons. The Morgan fingerprint density at radius 1 is 0.231 bits per heavy atom. The summed E-state index contributed by atoms with van der Waals surface area (Å²) in [6.07, 6.45) is 17.0. The second-order valence-electron chi connectivity index (χ2n) is 12.3. The lowest BCUT2D eigenvalue weighted by Gasteiger charge is -2.25. The van der Waals surface area contributed by atoms with Crippen LogP contribution in [0.15, 0.2) is 218 Å². The molecule has 0 radical (unpaired) electrons. The average molecular weight is 669 g/mol. The Morgan fingerprint density at radius 3 is 0.788 bits per heavy atom. The Balaban J connectivity index is 0.993. The maximum Gasteiger partial charge on any atom is 0.0462 e. The first-order valence-corrected chi connectivity index (χ1v) is 17.6. The summed E-state index contributed by atoms with van der Waals surface area (Å²) in [5.74, 6) is 0. The molecular weight excluding hydrogens is 629 g/mol. The number of allylic oxidation sites excluding steroid dienone is 4. The first kappa shape index (κ1) is 33.6. The Kier molecular flexibility index (Phi) is 11.1. The van der Waals surface area contributed by atoms with Gasteiger partial charge in [-0.3, -0.25) is 0 Å². The van der Waals surface area contributed by atoms with Gasteiger partial charge in [0.15, 0.2) is 0 Å². The third-order valence-electron chi connectivity index (χ3n) is 8.71. The zero-order chi connectivity index (χ0) is 35.2. The number of para-hydroxylation sites is 4. The van der Waals surface area contributed by atoms with Crippen LogP contribution in [-0.4, -0.2) is 0 Å². The van der Waals surface area contributed by atoms with Crippen molar-refractivity contribution >= 4 is 58.4 Å². The molecule has 0 N–H and O–H groups in total. The molecule has 7 aromatic rings. The summed E-state index contributed by atoms with van der Waals surface area (Å²) >= 11 is 0. The van der Waals surface area contributed by atoms with Gasteiger partial charge in [0.1, 0.15) is 0 Å². The minimum absolute atomic E-state index is 1.12. The Hall–Kier alpha value is -6.90. The number of rotatable bonds is 12. The second kappa shape index (κ2) is 17.2. The molecule has 0 saturated heterocycles. The van der Waals surface area contributed by atoms with Crippen LogP contribution in [0.4, 0.5) is 34.1 Å². The Bertz CT molecular complexity index is 2010. The minimum Gasteiger partial charge on any atom is -0.311 e. The van der Waals surface area contributed by atoms with Crippen molar-refractivity contribution < 1.29 is 0 Å². The molecule has 0 aliphatic rings. The van der Waals surface area contributed by atoms with E-state index in [1.54, 1.807) is 0 Å². The predicted molar refractivity (Wildman–Crippen MR) is 225 cm³/mol. The fourth-order valence-electron chi connectivity index (χ4n) is 6.14. The molecule has 2 nitrogen and oxygen atoms in total. The van der Waals surface area contributed by atoms with Crippen molar-refractivity contribution in [1.82, 2.24) is 0 Å². The van der Waals surface area contributed by atoms with E-state index in [0.717, 1.165) is 45.3 Å². The lowest BCUT2D eigenvalue weighted by atomic mass is 10.1. The van der Waals surface area contributed by atoms with Crippen LogP contribution in [0.25, 0.3) is 24.3 Å². The van der Waals surface area contributed by atoms with E-state index in [9.17, 15) is 0 Å². The molecule has 2 heteroatoms. The highest BCUT2D eigenvalue weighted by molar-refractivity contribution is 5.78. The van der Waals surface area contributed by atoms with Crippen molar-refractivity contribution in [3.63, 3.8) is 0 Å². The van der Waals surface area contributed by atoms with Gasteiger partial charge in [0.2, 0.25) is 0 Å². The molecule has 0 spiro atoms. The summed E-state index contributed by atoms with van der Waals surface area (Å²) in [5, 5.41) is 0. The third kappa shape index (κ3) is 8.63. The zero-order valence-corrected chi connectivity index (χ0v) is 29.0. The molecule has 0 amide bonds. The van der Waals surface area contributed by atoms with E-state index in [2.05, 4.69) is 228 Å². The first-order chi connectivity index (χ1) is 25.8. The van der Waals surface area contributed by atoms with E-state index in [4.69, 9.17) is 0 Å². The SMILES string of the molecule is C(/C=C/c1ccccc1/C=C/C=C/c1ccc(N(c2ccccc2)c2ccccc2)cc1)=C\c1ccc(N(c2ccccc2)c2ccccc2)cc1. The molecule has 0 aliphatic heterocycles. The molecule has 0 saturated carbocycles. The fourth-order valence-corrected chi connectivity index (χ4v) is 6.14. The highest BCUT2D eigenvalue weighted by Gasteiger charge is 2.12. The van der Waals surface area contributed by atoms with Crippen LogP contribution < -0.4 is 9.80 Å². The van der Waals surface area contributed by atoms with Gasteiger partial charge in [-0.1, -0.05) is 170 Å². The van der Waals surface area contributed by atoms with E-state index in [1.807, 2.05) is 24.3 Å². The summed E-state index contributed by atoms with van der Waals surface area (Å²) in [6, 6.07) is 67.7. The van der Waals surface area contributed by atoms with Gasteiger partial charge in [-0.25, -0.2) is 0 Å². The highest BCUT2D eigenvalue weighted by atomic mass is 15.1. The van der Waals surface area contributed by atoms with E-state index < -0.39 is 0 Å². The number of hydrogen-bond acceptors (Lipinski definition) is 2. The summed E-state index contributed by atoms with van der Waals surface area (Å²) in [6.45, 7) is 0. The van der Waals surface area contributed by atoms with Gasteiger partial charge in [-0.15, -0.1) is 0 Å². The van der Waals surface area contributed by atoms with Crippen molar-refractivity contribution in [2.45, 2.75) is 0 Å².